The van der Waals surface area contributed by atoms with Gasteiger partial charge in [-0.2, -0.15) is 0 Å². The van der Waals surface area contributed by atoms with E-state index in [0.29, 0.717) is 76.2 Å². The zero-order valence-corrected chi connectivity index (χ0v) is 23.8. The van der Waals surface area contributed by atoms with Crippen LogP contribution in [0.25, 0.3) is 0 Å². The van der Waals surface area contributed by atoms with Gasteiger partial charge in [0.15, 0.2) is 17.3 Å². The van der Waals surface area contributed by atoms with E-state index in [1.165, 1.54) is 0 Å². The van der Waals surface area contributed by atoms with Gasteiger partial charge in [-0.25, -0.2) is 0 Å². The predicted octanol–water partition coefficient (Wildman–Crippen LogP) is 6.80. The Morgan fingerprint density at radius 2 is 1.43 bits per heavy atom. The Balaban J connectivity index is 1.96. The zero-order chi connectivity index (χ0) is 27.4. The maximum Gasteiger partial charge on any atom is 0.323 e. The molecule has 6 nitrogen and oxygen atoms in total. The number of ketones is 2. The summed E-state index contributed by atoms with van der Waals surface area (Å²) < 4.78 is 5.85. The topological polar surface area (TPSA) is 83.9 Å². The van der Waals surface area contributed by atoms with Gasteiger partial charge < -0.3 is 14.7 Å². The second-order valence-corrected chi connectivity index (χ2v) is 13.3. The first-order valence-corrected chi connectivity index (χ1v) is 13.5. The second-order valence-electron chi connectivity index (χ2n) is 12.5. The van der Waals surface area contributed by atoms with E-state index in [1.807, 2.05) is 41.5 Å². The third kappa shape index (κ3) is 5.46. The lowest BCUT2D eigenvalue weighted by Crippen LogP contribution is -2.45. The quantitative estimate of drug-likeness (QED) is 0.421. The SMILES string of the molecule is CC(C)COc1c(Cl)cc(C2C3=C(CC(C)(C)CC3=O)N(CC(=O)O)C3=C2C(=O)CC(C)(C)C3)cc1Cl. The molecule has 1 heterocycles. The Bertz CT molecular complexity index is 1160. The normalized spacial score (nSPS) is 21.4. The number of ether oxygens (including phenoxy) is 1. The van der Waals surface area contributed by atoms with Crippen LogP contribution in [-0.4, -0.2) is 40.7 Å². The van der Waals surface area contributed by atoms with E-state index in [0.717, 1.165) is 0 Å². The number of rotatable bonds is 6. The van der Waals surface area contributed by atoms with Crippen LogP contribution in [0.15, 0.2) is 34.7 Å². The molecular weight excluding hydrogens is 513 g/mol. The molecule has 0 amide bonds. The number of nitrogens with zero attached hydrogens (tertiary/aromatic N) is 1. The lowest BCUT2D eigenvalue weighted by Gasteiger charge is -2.48. The van der Waals surface area contributed by atoms with Crippen LogP contribution in [0.4, 0.5) is 0 Å². The van der Waals surface area contributed by atoms with Gasteiger partial charge in [-0.15, -0.1) is 0 Å². The molecule has 0 fully saturated rings. The molecule has 0 saturated heterocycles. The Labute approximate surface area is 228 Å². The number of benzene rings is 1. The minimum Gasteiger partial charge on any atom is -0.490 e. The van der Waals surface area contributed by atoms with Gasteiger partial charge >= 0.3 is 5.97 Å². The summed E-state index contributed by atoms with van der Waals surface area (Å²) in [5.74, 6) is -1.18. The van der Waals surface area contributed by atoms with Crippen molar-refractivity contribution in [3.63, 3.8) is 0 Å². The molecule has 2 aliphatic carbocycles. The number of carboxylic acids is 1. The van der Waals surface area contributed by atoms with Crippen molar-refractivity contribution in [3.8, 4) is 5.75 Å². The minimum atomic E-state index is -1.01. The van der Waals surface area contributed by atoms with Gasteiger partial charge in [-0.3, -0.25) is 14.4 Å². The van der Waals surface area contributed by atoms with Crippen molar-refractivity contribution < 1.29 is 24.2 Å². The van der Waals surface area contributed by atoms with Crippen molar-refractivity contribution in [2.24, 2.45) is 16.7 Å². The Morgan fingerprint density at radius 1 is 0.973 bits per heavy atom. The van der Waals surface area contributed by atoms with Gasteiger partial charge in [-0.1, -0.05) is 64.7 Å². The van der Waals surface area contributed by atoms with Crippen LogP contribution in [0.5, 0.6) is 5.75 Å². The standard InChI is InChI=1S/C29H35Cl2NO5/c1-15(2)14-37-27-17(30)7-16(8-18(27)31)24-25-19(9-28(3,4)11-21(25)33)32(13-23(35)36)20-10-29(5,6)12-22(34)26(20)24/h7-8,15,24H,9-14H2,1-6H3,(H,35,36). The average molecular weight is 549 g/mol. The van der Waals surface area contributed by atoms with E-state index in [1.54, 1.807) is 17.0 Å². The number of Topliss-reactive ketones (excluding diaryl/α,β-unsaturated/α-hetero) is 2. The van der Waals surface area contributed by atoms with Gasteiger partial charge in [0.2, 0.25) is 0 Å². The first kappa shape index (κ1) is 27.7. The van der Waals surface area contributed by atoms with Gasteiger partial charge in [0, 0.05) is 41.3 Å². The lowest BCUT2D eigenvalue weighted by molar-refractivity contribution is -0.138. The summed E-state index contributed by atoms with van der Waals surface area (Å²) in [5, 5.41) is 10.4. The minimum absolute atomic E-state index is 0.0804. The molecule has 0 bridgehead atoms. The molecule has 0 aromatic heterocycles. The first-order valence-electron chi connectivity index (χ1n) is 12.7. The van der Waals surface area contributed by atoms with Crippen molar-refractivity contribution in [1.29, 1.82) is 0 Å². The van der Waals surface area contributed by atoms with E-state index >= 15 is 0 Å². The van der Waals surface area contributed by atoms with Crippen LogP contribution in [0.1, 0.15) is 78.7 Å². The molecular formula is C29H35Cl2NO5. The molecule has 0 radical (unpaired) electrons. The molecule has 8 heteroatoms. The Morgan fingerprint density at radius 3 is 1.84 bits per heavy atom. The highest BCUT2D eigenvalue weighted by Gasteiger charge is 2.49. The highest BCUT2D eigenvalue weighted by molar-refractivity contribution is 6.37. The van der Waals surface area contributed by atoms with Crippen LogP contribution in [-0.2, 0) is 14.4 Å². The molecule has 4 rings (SSSR count). The summed E-state index contributed by atoms with van der Waals surface area (Å²) in [6, 6.07) is 3.46. The number of carboxylic acid groups (broad SMARTS) is 1. The molecule has 200 valence electrons. The molecule has 37 heavy (non-hydrogen) atoms. The fourth-order valence-corrected chi connectivity index (χ4v) is 6.45. The van der Waals surface area contributed by atoms with Gasteiger partial charge in [-0.05, 0) is 47.3 Å². The summed E-state index contributed by atoms with van der Waals surface area (Å²) in [4.78, 5) is 41.2. The number of halogens is 2. The molecule has 1 aromatic rings. The predicted molar refractivity (Wildman–Crippen MR) is 144 cm³/mol. The molecule has 1 aromatic carbocycles. The van der Waals surface area contributed by atoms with Crippen molar-refractivity contribution in [3.05, 3.63) is 50.3 Å². The maximum absolute atomic E-state index is 13.7. The van der Waals surface area contributed by atoms with Crippen LogP contribution in [0, 0.1) is 16.7 Å². The molecule has 0 saturated carbocycles. The lowest BCUT2D eigenvalue weighted by atomic mass is 9.63. The van der Waals surface area contributed by atoms with Crippen molar-refractivity contribution >= 4 is 40.7 Å². The summed E-state index contributed by atoms with van der Waals surface area (Å²) >= 11 is 13.3. The molecule has 0 unspecified atom stereocenters. The fraction of sp³-hybridized carbons (Fsp3) is 0.552. The number of aliphatic carboxylic acids is 1. The first-order chi connectivity index (χ1) is 17.1. The van der Waals surface area contributed by atoms with E-state index in [4.69, 9.17) is 27.9 Å². The van der Waals surface area contributed by atoms with E-state index in [2.05, 4.69) is 0 Å². The summed E-state index contributed by atoms with van der Waals surface area (Å²) in [5.41, 5.74) is 2.30. The number of hydrogen-bond donors (Lipinski definition) is 1. The number of hydrogen-bond acceptors (Lipinski definition) is 5. The van der Waals surface area contributed by atoms with Crippen LogP contribution in [0.3, 0.4) is 0 Å². The highest BCUT2D eigenvalue weighted by Crippen LogP contribution is 2.55. The third-order valence-electron chi connectivity index (χ3n) is 7.23. The number of allylic oxidation sites excluding steroid dienone is 4. The third-order valence-corrected chi connectivity index (χ3v) is 7.79. The zero-order valence-electron chi connectivity index (χ0n) is 22.3. The van der Waals surface area contributed by atoms with Crippen molar-refractivity contribution in [2.45, 2.75) is 73.1 Å². The van der Waals surface area contributed by atoms with E-state index in [-0.39, 0.29) is 34.9 Å². The van der Waals surface area contributed by atoms with Crippen LogP contribution in [0.2, 0.25) is 10.0 Å². The molecule has 3 aliphatic rings. The monoisotopic (exact) mass is 547 g/mol. The van der Waals surface area contributed by atoms with E-state index in [9.17, 15) is 19.5 Å². The average Bonchev–Trinajstić information content (AvgIpc) is 2.71. The van der Waals surface area contributed by atoms with Gasteiger partial charge in [0.1, 0.15) is 6.54 Å². The Hall–Kier alpha value is -2.31. The van der Waals surface area contributed by atoms with Crippen molar-refractivity contribution in [1.82, 2.24) is 4.90 Å². The number of carbonyl (C=O) groups is 3. The van der Waals surface area contributed by atoms with Crippen molar-refractivity contribution in [2.75, 3.05) is 13.2 Å². The summed E-state index contributed by atoms with van der Waals surface area (Å²) in [6.07, 6.45) is 1.67. The summed E-state index contributed by atoms with van der Waals surface area (Å²) in [7, 11) is 0. The molecule has 0 spiro atoms. The second kappa shape index (κ2) is 9.77. The van der Waals surface area contributed by atoms with E-state index < -0.39 is 11.9 Å². The van der Waals surface area contributed by atoms with Gasteiger partial charge in [0.25, 0.3) is 0 Å². The van der Waals surface area contributed by atoms with Crippen LogP contribution < -0.4 is 4.74 Å². The van der Waals surface area contributed by atoms with Crippen LogP contribution >= 0.6 is 23.2 Å². The smallest absolute Gasteiger partial charge is 0.323 e. The highest BCUT2D eigenvalue weighted by atomic mass is 35.5. The molecule has 0 atom stereocenters. The molecule has 1 N–H and O–H groups in total. The Kier molecular flexibility index (Phi) is 7.32. The number of carbonyl (C=O) groups excluding carboxylic acids is 2. The van der Waals surface area contributed by atoms with Gasteiger partial charge in [0.05, 0.1) is 16.7 Å². The maximum atomic E-state index is 13.7. The molecule has 1 aliphatic heterocycles. The largest absolute Gasteiger partial charge is 0.490 e. The summed E-state index contributed by atoms with van der Waals surface area (Å²) in [6.45, 7) is 12.2. The fourth-order valence-electron chi connectivity index (χ4n) is 5.84.